The zero-order chi connectivity index (χ0) is 16.2. The second kappa shape index (κ2) is 6.56. The normalized spacial score (nSPS) is 15.3. The van der Waals surface area contributed by atoms with Crippen LogP contribution in [0.1, 0.15) is 23.0 Å². The van der Waals surface area contributed by atoms with Gasteiger partial charge < -0.3 is 14.5 Å². The Labute approximate surface area is 134 Å². The Morgan fingerprint density at radius 1 is 1.30 bits per heavy atom. The van der Waals surface area contributed by atoms with E-state index < -0.39 is 0 Å². The van der Waals surface area contributed by atoms with Gasteiger partial charge in [0, 0.05) is 23.7 Å². The summed E-state index contributed by atoms with van der Waals surface area (Å²) in [6.45, 7) is 2.85. The van der Waals surface area contributed by atoms with Crippen molar-refractivity contribution in [3.05, 3.63) is 54.0 Å². The summed E-state index contributed by atoms with van der Waals surface area (Å²) in [4.78, 5) is 25.3. The summed E-state index contributed by atoms with van der Waals surface area (Å²) in [6.07, 6.45) is 1.90. The number of amides is 2. The molecule has 2 aromatic rings. The van der Waals surface area contributed by atoms with Gasteiger partial charge >= 0.3 is 6.09 Å². The van der Waals surface area contributed by atoms with E-state index in [4.69, 9.17) is 9.15 Å². The molecule has 1 saturated heterocycles. The van der Waals surface area contributed by atoms with Gasteiger partial charge in [0.05, 0.1) is 12.8 Å². The van der Waals surface area contributed by atoms with Crippen LogP contribution in [0.3, 0.4) is 0 Å². The lowest BCUT2D eigenvalue weighted by Crippen LogP contribution is -2.34. The van der Waals surface area contributed by atoms with E-state index in [1.807, 2.05) is 19.1 Å². The molecule has 1 N–H and O–H groups in total. The minimum atomic E-state index is -0.353. The third-order valence-electron chi connectivity index (χ3n) is 3.67. The van der Waals surface area contributed by atoms with Crippen molar-refractivity contribution in [1.29, 1.82) is 0 Å². The molecule has 3 rings (SSSR count). The molecule has 23 heavy (non-hydrogen) atoms. The molecule has 1 aliphatic heterocycles. The molecule has 0 unspecified atom stereocenters. The molecule has 120 valence electrons. The van der Waals surface area contributed by atoms with E-state index in [-0.39, 0.29) is 18.0 Å². The number of hydrogen-bond donors (Lipinski definition) is 1. The maximum atomic E-state index is 12.2. The standard InChI is InChI=1S/C17H18N2O4/c1-12(11-15-3-2-9-22-15)18-16(20)13-4-6-14(7-5-13)19-8-10-23-17(19)21/h2-7,9,12H,8,10-11H2,1H3,(H,18,20)/t12-/m1/s1. The molecule has 0 saturated carbocycles. The largest absolute Gasteiger partial charge is 0.469 e. The predicted octanol–water partition coefficient (Wildman–Crippen LogP) is 2.60. The molecule has 2 amide bonds. The highest BCUT2D eigenvalue weighted by Gasteiger charge is 2.23. The van der Waals surface area contributed by atoms with Gasteiger partial charge in [-0.2, -0.15) is 0 Å². The molecular weight excluding hydrogens is 296 g/mol. The summed E-state index contributed by atoms with van der Waals surface area (Å²) in [5.41, 5.74) is 1.28. The average molecular weight is 314 g/mol. The first-order chi connectivity index (χ1) is 11.1. The van der Waals surface area contributed by atoms with Crippen LogP contribution in [-0.2, 0) is 11.2 Å². The van der Waals surface area contributed by atoms with Crippen molar-refractivity contribution >= 4 is 17.7 Å². The van der Waals surface area contributed by atoms with Gasteiger partial charge in [-0.3, -0.25) is 9.69 Å². The molecule has 1 aliphatic rings. The summed E-state index contributed by atoms with van der Waals surface area (Å²) in [7, 11) is 0. The molecule has 0 radical (unpaired) electrons. The lowest BCUT2D eigenvalue weighted by atomic mass is 10.1. The van der Waals surface area contributed by atoms with E-state index in [1.165, 1.54) is 0 Å². The number of furan rings is 1. The van der Waals surface area contributed by atoms with E-state index in [9.17, 15) is 9.59 Å². The van der Waals surface area contributed by atoms with Crippen LogP contribution in [0.5, 0.6) is 0 Å². The van der Waals surface area contributed by atoms with Crippen LogP contribution in [-0.4, -0.2) is 31.2 Å². The number of cyclic esters (lactones) is 1. The van der Waals surface area contributed by atoms with Crippen LogP contribution in [0.4, 0.5) is 10.5 Å². The molecule has 0 aliphatic carbocycles. The number of benzene rings is 1. The molecule has 1 aromatic heterocycles. The minimum Gasteiger partial charge on any atom is -0.469 e. The molecule has 0 spiro atoms. The second-order valence-electron chi connectivity index (χ2n) is 5.47. The van der Waals surface area contributed by atoms with Crippen molar-refractivity contribution in [2.75, 3.05) is 18.1 Å². The number of nitrogens with zero attached hydrogens (tertiary/aromatic N) is 1. The van der Waals surface area contributed by atoms with E-state index in [1.54, 1.807) is 35.4 Å². The van der Waals surface area contributed by atoms with Crippen molar-refractivity contribution in [2.24, 2.45) is 0 Å². The van der Waals surface area contributed by atoms with Gasteiger partial charge in [0.25, 0.3) is 5.91 Å². The molecule has 6 heteroatoms. The highest BCUT2D eigenvalue weighted by atomic mass is 16.6. The number of carbonyl (C=O) groups is 2. The maximum Gasteiger partial charge on any atom is 0.414 e. The quantitative estimate of drug-likeness (QED) is 0.921. The second-order valence-corrected chi connectivity index (χ2v) is 5.47. The first-order valence-electron chi connectivity index (χ1n) is 7.51. The monoisotopic (exact) mass is 314 g/mol. The van der Waals surface area contributed by atoms with Gasteiger partial charge in [-0.15, -0.1) is 0 Å². The highest BCUT2D eigenvalue weighted by molar-refractivity contribution is 5.95. The van der Waals surface area contributed by atoms with Gasteiger partial charge in [0.1, 0.15) is 12.4 Å². The summed E-state index contributed by atoms with van der Waals surface area (Å²) in [6, 6.07) is 10.6. The Morgan fingerprint density at radius 2 is 2.09 bits per heavy atom. The number of anilines is 1. The Morgan fingerprint density at radius 3 is 2.70 bits per heavy atom. The van der Waals surface area contributed by atoms with Gasteiger partial charge in [-0.05, 0) is 43.3 Å². The first kappa shape index (κ1) is 15.1. The molecule has 1 aromatic carbocycles. The molecule has 2 heterocycles. The topological polar surface area (TPSA) is 71.8 Å². The van der Waals surface area contributed by atoms with Crippen LogP contribution in [0, 0.1) is 0 Å². The van der Waals surface area contributed by atoms with Crippen LogP contribution >= 0.6 is 0 Å². The third-order valence-corrected chi connectivity index (χ3v) is 3.67. The minimum absolute atomic E-state index is 0.0399. The van der Waals surface area contributed by atoms with E-state index in [2.05, 4.69) is 5.32 Å². The van der Waals surface area contributed by atoms with Crippen LogP contribution in [0.15, 0.2) is 47.1 Å². The summed E-state index contributed by atoms with van der Waals surface area (Å²) >= 11 is 0. The SMILES string of the molecule is C[C@H](Cc1ccco1)NC(=O)c1ccc(N2CCOC2=O)cc1. The molecular formula is C17H18N2O4. The lowest BCUT2D eigenvalue weighted by Gasteiger charge is -2.15. The highest BCUT2D eigenvalue weighted by Crippen LogP contribution is 2.19. The van der Waals surface area contributed by atoms with Crippen molar-refractivity contribution < 1.29 is 18.7 Å². The number of nitrogens with one attached hydrogen (secondary N) is 1. The van der Waals surface area contributed by atoms with Gasteiger partial charge in [0.15, 0.2) is 0 Å². The molecule has 6 nitrogen and oxygen atoms in total. The van der Waals surface area contributed by atoms with Crippen LogP contribution in [0.25, 0.3) is 0 Å². The van der Waals surface area contributed by atoms with E-state index in [0.717, 1.165) is 11.4 Å². The van der Waals surface area contributed by atoms with Gasteiger partial charge in [-0.25, -0.2) is 4.79 Å². The van der Waals surface area contributed by atoms with E-state index in [0.29, 0.717) is 25.1 Å². The van der Waals surface area contributed by atoms with Crippen LogP contribution in [0.2, 0.25) is 0 Å². The zero-order valence-electron chi connectivity index (χ0n) is 12.8. The first-order valence-corrected chi connectivity index (χ1v) is 7.51. The molecule has 0 bridgehead atoms. The van der Waals surface area contributed by atoms with Crippen molar-refractivity contribution in [3.8, 4) is 0 Å². The Balaban J connectivity index is 1.60. The average Bonchev–Trinajstić information content (AvgIpc) is 3.19. The van der Waals surface area contributed by atoms with E-state index >= 15 is 0 Å². The summed E-state index contributed by atoms with van der Waals surface area (Å²) in [5.74, 6) is 0.681. The summed E-state index contributed by atoms with van der Waals surface area (Å²) in [5, 5.41) is 2.93. The fourth-order valence-electron chi connectivity index (χ4n) is 2.51. The van der Waals surface area contributed by atoms with Gasteiger partial charge in [0.2, 0.25) is 0 Å². The number of rotatable bonds is 5. The smallest absolute Gasteiger partial charge is 0.414 e. The molecule has 1 atom stereocenters. The number of ether oxygens (including phenoxy) is 1. The lowest BCUT2D eigenvalue weighted by molar-refractivity contribution is 0.0939. The Bertz CT molecular complexity index is 679. The fourth-order valence-corrected chi connectivity index (χ4v) is 2.51. The number of hydrogen-bond acceptors (Lipinski definition) is 4. The fraction of sp³-hybridized carbons (Fsp3) is 0.294. The number of carbonyl (C=O) groups excluding carboxylic acids is 2. The summed E-state index contributed by atoms with van der Waals surface area (Å²) < 4.78 is 10.2. The van der Waals surface area contributed by atoms with Crippen molar-refractivity contribution in [3.63, 3.8) is 0 Å². The predicted molar refractivity (Wildman–Crippen MR) is 84.5 cm³/mol. The van der Waals surface area contributed by atoms with Crippen molar-refractivity contribution in [1.82, 2.24) is 5.32 Å². The van der Waals surface area contributed by atoms with Crippen LogP contribution < -0.4 is 10.2 Å². The Hall–Kier alpha value is -2.76. The molecule has 1 fully saturated rings. The van der Waals surface area contributed by atoms with Gasteiger partial charge in [-0.1, -0.05) is 0 Å². The Kier molecular flexibility index (Phi) is 4.32. The zero-order valence-corrected chi connectivity index (χ0v) is 12.8. The van der Waals surface area contributed by atoms with Crippen molar-refractivity contribution in [2.45, 2.75) is 19.4 Å². The maximum absolute atomic E-state index is 12.2. The third kappa shape index (κ3) is 3.53.